The van der Waals surface area contributed by atoms with E-state index in [4.69, 9.17) is 0 Å². The topological polar surface area (TPSA) is 74.8 Å². The normalized spacial score (nSPS) is 12.1. The number of amides is 1. The first-order chi connectivity index (χ1) is 11.6. The van der Waals surface area contributed by atoms with Gasteiger partial charge < -0.3 is 4.90 Å². The summed E-state index contributed by atoms with van der Waals surface area (Å²) in [7, 11) is 1.84. The Morgan fingerprint density at radius 3 is 2.83 bits per heavy atom. The summed E-state index contributed by atoms with van der Waals surface area (Å²) in [4.78, 5) is 22.7. The molecule has 0 unspecified atom stereocenters. The third-order valence-electron chi connectivity index (χ3n) is 3.84. The summed E-state index contributed by atoms with van der Waals surface area (Å²) >= 11 is 1.46. The van der Waals surface area contributed by atoms with Crippen LogP contribution in [0, 0.1) is 0 Å². The van der Waals surface area contributed by atoms with Gasteiger partial charge in [0.1, 0.15) is 6.33 Å². The molecule has 2 heterocycles. The number of H-pyrrole nitrogens is 1. The van der Waals surface area contributed by atoms with Crippen molar-refractivity contribution >= 4 is 17.2 Å². The number of rotatable bonds is 6. The van der Waals surface area contributed by atoms with Gasteiger partial charge >= 0.3 is 0 Å². The van der Waals surface area contributed by atoms with E-state index in [-0.39, 0.29) is 5.91 Å². The van der Waals surface area contributed by atoms with Crippen LogP contribution in [0.15, 0.2) is 42.0 Å². The van der Waals surface area contributed by atoms with Crippen LogP contribution in [0.4, 0.5) is 0 Å². The number of hydrogen-bond acceptors (Lipinski definition) is 5. The van der Waals surface area contributed by atoms with Gasteiger partial charge in [0.2, 0.25) is 5.91 Å². The maximum Gasteiger partial charge on any atom is 0.228 e. The summed E-state index contributed by atoms with van der Waals surface area (Å²) in [5, 5.41) is 9.23. The Morgan fingerprint density at radius 1 is 1.33 bits per heavy atom. The van der Waals surface area contributed by atoms with E-state index in [0.29, 0.717) is 24.7 Å². The molecule has 3 aromatic rings. The van der Waals surface area contributed by atoms with Crippen LogP contribution in [0.25, 0.3) is 10.8 Å². The lowest BCUT2D eigenvalue weighted by Crippen LogP contribution is -2.31. The van der Waals surface area contributed by atoms with Crippen molar-refractivity contribution in [1.29, 1.82) is 0 Å². The van der Waals surface area contributed by atoms with Crippen LogP contribution in [-0.4, -0.2) is 44.6 Å². The van der Waals surface area contributed by atoms with Crippen molar-refractivity contribution in [3.05, 3.63) is 53.3 Å². The summed E-state index contributed by atoms with van der Waals surface area (Å²) < 4.78 is 0. The fraction of sp³-hybridized carbons (Fsp3) is 0.294. The number of aromatic nitrogens is 4. The summed E-state index contributed by atoms with van der Waals surface area (Å²) in [5.74, 6) is 0.984. The first kappa shape index (κ1) is 16.3. The Morgan fingerprint density at radius 2 is 2.12 bits per heavy atom. The quantitative estimate of drug-likeness (QED) is 0.748. The number of benzene rings is 1. The zero-order chi connectivity index (χ0) is 16.9. The SMILES string of the molecule is C[C@@H](CN(C)C(=O)Cc1csc(-c2ncn[nH]2)n1)c1ccccc1. The van der Waals surface area contributed by atoms with Gasteiger partial charge in [0, 0.05) is 19.0 Å². The Bertz CT molecular complexity index is 784. The molecule has 3 rings (SSSR count). The van der Waals surface area contributed by atoms with Gasteiger partial charge in [-0.05, 0) is 11.5 Å². The Balaban J connectivity index is 1.58. The Hall–Kier alpha value is -2.54. The zero-order valence-electron chi connectivity index (χ0n) is 13.6. The van der Waals surface area contributed by atoms with E-state index in [0.717, 1.165) is 10.7 Å². The number of nitrogens with zero attached hydrogens (tertiary/aromatic N) is 4. The predicted octanol–water partition coefficient (Wildman–Crippen LogP) is 2.73. The number of hydrogen-bond donors (Lipinski definition) is 1. The second kappa shape index (κ2) is 7.35. The molecule has 0 aliphatic carbocycles. The van der Waals surface area contributed by atoms with Crippen molar-refractivity contribution in [2.24, 2.45) is 0 Å². The van der Waals surface area contributed by atoms with Gasteiger partial charge in [0.25, 0.3) is 0 Å². The number of carbonyl (C=O) groups is 1. The second-order valence-electron chi connectivity index (χ2n) is 5.74. The van der Waals surface area contributed by atoms with Crippen LogP contribution in [-0.2, 0) is 11.2 Å². The van der Waals surface area contributed by atoms with E-state index in [2.05, 4.69) is 39.2 Å². The molecule has 0 saturated heterocycles. The van der Waals surface area contributed by atoms with E-state index in [9.17, 15) is 4.79 Å². The minimum Gasteiger partial charge on any atom is -0.345 e. The molecular formula is C17H19N5OS. The Labute approximate surface area is 144 Å². The van der Waals surface area contributed by atoms with Gasteiger partial charge in [-0.1, -0.05) is 37.3 Å². The lowest BCUT2D eigenvalue weighted by Gasteiger charge is -2.21. The molecule has 2 aromatic heterocycles. The van der Waals surface area contributed by atoms with Crippen molar-refractivity contribution in [2.45, 2.75) is 19.3 Å². The molecule has 1 atom stereocenters. The molecule has 7 heteroatoms. The van der Waals surface area contributed by atoms with Crippen molar-refractivity contribution in [1.82, 2.24) is 25.1 Å². The van der Waals surface area contributed by atoms with Crippen LogP contribution in [0.3, 0.4) is 0 Å². The van der Waals surface area contributed by atoms with Gasteiger partial charge in [-0.2, -0.15) is 5.10 Å². The highest BCUT2D eigenvalue weighted by Gasteiger charge is 2.16. The lowest BCUT2D eigenvalue weighted by atomic mass is 10.0. The molecule has 6 nitrogen and oxygen atoms in total. The van der Waals surface area contributed by atoms with Crippen molar-refractivity contribution in [2.75, 3.05) is 13.6 Å². The minimum atomic E-state index is 0.0622. The maximum atomic E-state index is 12.4. The smallest absolute Gasteiger partial charge is 0.228 e. The molecule has 0 aliphatic heterocycles. The summed E-state index contributed by atoms with van der Waals surface area (Å²) in [5.41, 5.74) is 1.99. The van der Waals surface area contributed by atoms with E-state index in [1.165, 1.54) is 23.2 Å². The standard InChI is InChI=1S/C17H19N5OS/c1-12(13-6-4-3-5-7-13)9-22(2)15(23)8-14-10-24-17(20-14)16-18-11-19-21-16/h3-7,10-12H,8-9H2,1-2H3,(H,18,19,21)/t12-/m0/s1. The lowest BCUT2D eigenvalue weighted by molar-refractivity contribution is -0.129. The van der Waals surface area contributed by atoms with Crippen molar-refractivity contribution < 1.29 is 4.79 Å². The van der Waals surface area contributed by atoms with Gasteiger partial charge in [0.05, 0.1) is 12.1 Å². The molecule has 1 aromatic carbocycles. The highest BCUT2D eigenvalue weighted by Crippen LogP contribution is 2.20. The first-order valence-electron chi connectivity index (χ1n) is 7.72. The molecule has 24 heavy (non-hydrogen) atoms. The molecule has 1 N–H and O–H groups in total. The van der Waals surface area contributed by atoms with Gasteiger partial charge in [-0.25, -0.2) is 9.97 Å². The summed E-state index contributed by atoms with van der Waals surface area (Å²) in [6, 6.07) is 10.2. The molecule has 0 aliphatic rings. The van der Waals surface area contributed by atoms with Gasteiger partial charge in [0.15, 0.2) is 10.8 Å². The number of nitrogens with one attached hydrogen (secondary N) is 1. The van der Waals surface area contributed by atoms with E-state index in [1.807, 2.05) is 30.6 Å². The molecule has 0 bridgehead atoms. The predicted molar refractivity (Wildman–Crippen MR) is 93.7 cm³/mol. The van der Waals surface area contributed by atoms with Gasteiger partial charge in [-0.3, -0.25) is 9.89 Å². The van der Waals surface area contributed by atoms with E-state index < -0.39 is 0 Å². The summed E-state index contributed by atoms with van der Waals surface area (Å²) in [6.07, 6.45) is 1.74. The second-order valence-corrected chi connectivity index (χ2v) is 6.60. The highest BCUT2D eigenvalue weighted by molar-refractivity contribution is 7.13. The van der Waals surface area contributed by atoms with E-state index >= 15 is 0 Å². The fourth-order valence-corrected chi connectivity index (χ4v) is 3.26. The molecule has 1 amide bonds. The number of likely N-dealkylation sites (N-methyl/N-ethyl adjacent to an activating group) is 1. The first-order valence-corrected chi connectivity index (χ1v) is 8.60. The number of carbonyl (C=O) groups excluding carboxylic acids is 1. The molecule has 0 spiro atoms. The average Bonchev–Trinajstić information content (AvgIpc) is 3.26. The number of aromatic amines is 1. The third kappa shape index (κ3) is 3.86. The van der Waals surface area contributed by atoms with Crippen LogP contribution in [0.2, 0.25) is 0 Å². The molecule has 0 fully saturated rings. The molecule has 0 saturated carbocycles. The van der Waals surface area contributed by atoms with Crippen LogP contribution < -0.4 is 0 Å². The van der Waals surface area contributed by atoms with E-state index in [1.54, 1.807) is 4.90 Å². The van der Waals surface area contributed by atoms with Crippen molar-refractivity contribution in [3.8, 4) is 10.8 Å². The largest absolute Gasteiger partial charge is 0.345 e. The minimum absolute atomic E-state index is 0.0622. The average molecular weight is 341 g/mol. The van der Waals surface area contributed by atoms with Crippen LogP contribution in [0.1, 0.15) is 24.1 Å². The number of thiazole rings is 1. The van der Waals surface area contributed by atoms with Gasteiger partial charge in [-0.15, -0.1) is 11.3 Å². The highest BCUT2D eigenvalue weighted by atomic mass is 32.1. The Kier molecular flexibility index (Phi) is 5.00. The monoisotopic (exact) mass is 341 g/mol. The van der Waals surface area contributed by atoms with Crippen LogP contribution in [0.5, 0.6) is 0 Å². The third-order valence-corrected chi connectivity index (χ3v) is 4.74. The summed E-state index contributed by atoms with van der Waals surface area (Å²) in [6.45, 7) is 2.81. The van der Waals surface area contributed by atoms with Crippen LogP contribution >= 0.6 is 11.3 Å². The molecule has 124 valence electrons. The zero-order valence-corrected chi connectivity index (χ0v) is 14.5. The van der Waals surface area contributed by atoms with Crippen molar-refractivity contribution in [3.63, 3.8) is 0 Å². The maximum absolute atomic E-state index is 12.4. The molecular weight excluding hydrogens is 322 g/mol. The fourth-order valence-electron chi connectivity index (χ4n) is 2.49. The molecule has 0 radical (unpaired) electrons.